The molecule has 0 radical (unpaired) electrons. The number of fused-ring (bicyclic) bond motifs is 1. The highest BCUT2D eigenvalue weighted by Crippen LogP contribution is 2.34. The topological polar surface area (TPSA) is 42.4 Å². The molecular formula is C21H20N2O2S2. The molecule has 0 unspecified atom stereocenters. The van der Waals surface area contributed by atoms with Crippen molar-refractivity contribution in [1.29, 1.82) is 0 Å². The maximum atomic E-state index is 13.2. The smallest absolute Gasteiger partial charge is 0.258 e. The van der Waals surface area contributed by atoms with Gasteiger partial charge in [-0.15, -0.1) is 23.1 Å². The van der Waals surface area contributed by atoms with Crippen LogP contribution in [0.4, 0.5) is 5.69 Å². The van der Waals surface area contributed by atoms with E-state index in [1.165, 1.54) is 0 Å². The van der Waals surface area contributed by atoms with Gasteiger partial charge < -0.3 is 9.64 Å². The summed E-state index contributed by atoms with van der Waals surface area (Å²) in [6.45, 7) is 3.11. The number of rotatable bonds is 4. The summed E-state index contributed by atoms with van der Waals surface area (Å²) in [7, 11) is 0. The van der Waals surface area contributed by atoms with Gasteiger partial charge in [-0.1, -0.05) is 18.2 Å². The molecule has 138 valence electrons. The van der Waals surface area contributed by atoms with Crippen LogP contribution in [0.2, 0.25) is 0 Å². The molecule has 4 nitrogen and oxygen atoms in total. The predicted octanol–water partition coefficient (Wildman–Crippen LogP) is 5.17. The van der Waals surface area contributed by atoms with Crippen LogP contribution in [-0.4, -0.2) is 23.2 Å². The number of hydrogen-bond acceptors (Lipinski definition) is 5. The van der Waals surface area contributed by atoms with E-state index in [0.717, 1.165) is 40.0 Å². The summed E-state index contributed by atoms with van der Waals surface area (Å²) in [6.07, 6.45) is 0.977. The number of carbonyl (C=O) groups excluding carboxylic acids is 1. The fourth-order valence-corrected chi connectivity index (χ4v) is 4.64. The van der Waals surface area contributed by atoms with E-state index in [4.69, 9.17) is 4.74 Å². The zero-order chi connectivity index (χ0) is 18.6. The van der Waals surface area contributed by atoms with Crippen LogP contribution >= 0.6 is 23.1 Å². The molecule has 1 aromatic heterocycles. The number of benzene rings is 2. The first-order valence-electron chi connectivity index (χ1n) is 8.88. The van der Waals surface area contributed by atoms with Crippen molar-refractivity contribution in [2.45, 2.75) is 24.8 Å². The summed E-state index contributed by atoms with van der Waals surface area (Å²) in [5.74, 6) is 1.72. The van der Waals surface area contributed by atoms with Crippen molar-refractivity contribution in [3.05, 3.63) is 70.2 Å². The summed E-state index contributed by atoms with van der Waals surface area (Å²) in [5.41, 5.74) is 2.55. The van der Waals surface area contributed by atoms with Crippen molar-refractivity contribution in [3.8, 4) is 5.75 Å². The normalized spacial score (nSPS) is 13.7. The average molecular weight is 397 g/mol. The third-order valence-corrected chi connectivity index (χ3v) is 6.29. The van der Waals surface area contributed by atoms with E-state index in [1.54, 1.807) is 11.3 Å². The molecule has 0 fully saturated rings. The largest absolute Gasteiger partial charge is 0.487 e. The van der Waals surface area contributed by atoms with E-state index in [9.17, 15) is 4.79 Å². The van der Waals surface area contributed by atoms with Crippen LogP contribution in [0, 0.1) is 6.92 Å². The van der Waals surface area contributed by atoms with Crippen molar-refractivity contribution >= 4 is 34.7 Å². The molecule has 6 heteroatoms. The number of anilines is 1. The molecule has 1 amide bonds. The van der Waals surface area contributed by atoms with E-state index in [2.05, 4.69) is 11.1 Å². The van der Waals surface area contributed by atoms with Crippen LogP contribution in [0.5, 0.6) is 5.75 Å². The van der Waals surface area contributed by atoms with E-state index < -0.39 is 0 Å². The van der Waals surface area contributed by atoms with Crippen molar-refractivity contribution in [2.75, 3.05) is 17.2 Å². The van der Waals surface area contributed by atoms with Crippen LogP contribution in [0.15, 0.2) is 58.8 Å². The second-order valence-electron chi connectivity index (χ2n) is 6.30. The fourth-order valence-electron chi connectivity index (χ4n) is 3.04. The number of ether oxygens (including phenoxy) is 1. The van der Waals surface area contributed by atoms with Crippen molar-refractivity contribution < 1.29 is 9.53 Å². The molecular weight excluding hydrogens is 376 g/mol. The summed E-state index contributed by atoms with van der Waals surface area (Å²) in [5, 5.41) is 3.02. The second kappa shape index (κ2) is 8.15. The Hall–Kier alpha value is -2.31. The predicted molar refractivity (Wildman–Crippen MR) is 111 cm³/mol. The zero-order valence-corrected chi connectivity index (χ0v) is 16.7. The van der Waals surface area contributed by atoms with Gasteiger partial charge in [0.15, 0.2) is 0 Å². The number of nitrogens with zero attached hydrogens (tertiary/aromatic N) is 2. The van der Waals surface area contributed by atoms with Crippen LogP contribution in [0.25, 0.3) is 0 Å². The number of hydrogen-bond donors (Lipinski definition) is 0. The Morgan fingerprint density at radius 2 is 2.11 bits per heavy atom. The Kier molecular flexibility index (Phi) is 5.45. The molecule has 3 aromatic rings. The minimum absolute atomic E-state index is 0.0138. The van der Waals surface area contributed by atoms with Crippen LogP contribution in [0.1, 0.15) is 27.5 Å². The Balaban J connectivity index is 1.54. The fraction of sp³-hybridized carbons (Fsp3) is 0.238. The van der Waals surface area contributed by atoms with Gasteiger partial charge in [0.25, 0.3) is 5.91 Å². The lowest BCUT2D eigenvalue weighted by molar-refractivity contribution is 0.0986. The molecule has 0 spiro atoms. The van der Waals surface area contributed by atoms with Gasteiger partial charge in [-0.2, -0.15) is 0 Å². The Bertz CT molecular complexity index is 955. The minimum atomic E-state index is 0.0138. The first-order chi connectivity index (χ1) is 13.2. The van der Waals surface area contributed by atoms with Gasteiger partial charge in [0.2, 0.25) is 0 Å². The van der Waals surface area contributed by atoms with Gasteiger partial charge >= 0.3 is 0 Å². The summed E-state index contributed by atoms with van der Waals surface area (Å²) < 4.78 is 5.85. The molecule has 0 atom stereocenters. The number of amides is 1. The van der Waals surface area contributed by atoms with E-state index >= 15 is 0 Å². The molecule has 1 aliphatic heterocycles. The minimum Gasteiger partial charge on any atom is -0.487 e. The third-order valence-electron chi connectivity index (χ3n) is 4.32. The quantitative estimate of drug-likeness (QED) is 0.610. The molecule has 0 saturated carbocycles. The van der Waals surface area contributed by atoms with Crippen LogP contribution in [-0.2, 0) is 6.61 Å². The number of thioether (sulfide) groups is 1. The first kappa shape index (κ1) is 18.1. The van der Waals surface area contributed by atoms with Crippen LogP contribution < -0.4 is 9.64 Å². The number of para-hydroxylation sites is 1. The molecule has 0 aliphatic carbocycles. The lowest BCUT2D eigenvalue weighted by Gasteiger charge is -2.22. The first-order valence-corrected chi connectivity index (χ1v) is 10.7. The van der Waals surface area contributed by atoms with Crippen LogP contribution in [0.3, 0.4) is 0 Å². The lowest BCUT2D eigenvalue weighted by Crippen LogP contribution is -2.31. The van der Waals surface area contributed by atoms with Crippen molar-refractivity contribution in [3.63, 3.8) is 0 Å². The van der Waals surface area contributed by atoms with E-state index in [-0.39, 0.29) is 5.91 Å². The third kappa shape index (κ3) is 4.17. The number of aromatic nitrogens is 1. The molecule has 0 N–H and O–H groups in total. The number of carbonyl (C=O) groups is 1. The van der Waals surface area contributed by atoms with Gasteiger partial charge in [-0.25, -0.2) is 4.98 Å². The maximum Gasteiger partial charge on any atom is 0.258 e. The van der Waals surface area contributed by atoms with Gasteiger partial charge in [0.1, 0.15) is 12.4 Å². The van der Waals surface area contributed by atoms with Crippen molar-refractivity contribution in [1.82, 2.24) is 4.98 Å². The highest BCUT2D eigenvalue weighted by Gasteiger charge is 2.22. The van der Waals surface area contributed by atoms with E-state index in [0.29, 0.717) is 17.9 Å². The molecule has 1 aliphatic rings. The van der Waals surface area contributed by atoms with Gasteiger partial charge in [0.05, 0.1) is 16.4 Å². The van der Waals surface area contributed by atoms with Gasteiger partial charge in [-0.05, 0) is 49.4 Å². The average Bonchev–Trinajstić information content (AvgIpc) is 2.99. The highest BCUT2D eigenvalue weighted by molar-refractivity contribution is 7.99. The van der Waals surface area contributed by atoms with Crippen molar-refractivity contribution in [2.24, 2.45) is 0 Å². The summed E-state index contributed by atoms with van der Waals surface area (Å²) >= 11 is 3.42. The number of aryl methyl sites for hydroxylation is 1. The Labute approximate surface area is 167 Å². The molecule has 2 heterocycles. The Morgan fingerprint density at radius 3 is 2.96 bits per heavy atom. The zero-order valence-electron chi connectivity index (χ0n) is 15.1. The van der Waals surface area contributed by atoms with E-state index in [1.807, 2.05) is 71.4 Å². The highest BCUT2D eigenvalue weighted by atomic mass is 32.2. The summed E-state index contributed by atoms with van der Waals surface area (Å²) in [4.78, 5) is 20.7. The Morgan fingerprint density at radius 1 is 1.22 bits per heavy atom. The second-order valence-corrected chi connectivity index (χ2v) is 8.50. The number of thiazole rings is 1. The lowest BCUT2D eigenvalue weighted by atomic mass is 10.1. The monoisotopic (exact) mass is 396 g/mol. The van der Waals surface area contributed by atoms with Gasteiger partial charge in [-0.3, -0.25) is 4.79 Å². The maximum absolute atomic E-state index is 13.2. The molecule has 4 rings (SSSR count). The molecule has 0 saturated heterocycles. The molecule has 27 heavy (non-hydrogen) atoms. The standard InChI is InChI=1S/C21H20N2O2S2/c1-15-22-17(14-27-15)13-25-18-7-4-6-16(12-18)21(24)23-10-5-11-26-20-9-3-2-8-19(20)23/h2-4,6-9,12,14H,5,10-11,13H2,1H3. The molecule has 2 aromatic carbocycles. The summed E-state index contributed by atoms with van der Waals surface area (Å²) in [6, 6.07) is 15.5. The molecule has 0 bridgehead atoms. The SMILES string of the molecule is Cc1nc(COc2cccc(C(=O)N3CCCSc4ccccc43)c2)cs1. The van der Waals surface area contributed by atoms with Gasteiger partial charge in [0, 0.05) is 22.4 Å².